The number of halogens is 1. The summed E-state index contributed by atoms with van der Waals surface area (Å²) in [4.78, 5) is 8.61. The summed E-state index contributed by atoms with van der Waals surface area (Å²) in [5.74, 6) is 0.404. The Morgan fingerprint density at radius 1 is 0.933 bits per heavy atom. The first-order chi connectivity index (χ1) is 14.3. The maximum absolute atomic E-state index is 6.06. The minimum Gasteiger partial charge on any atom is -0.370 e. The van der Waals surface area contributed by atoms with E-state index in [0.717, 1.165) is 23.4 Å². The van der Waals surface area contributed by atoms with Crippen LogP contribution in [0.5, 0.6) is 0 Å². The molecule has 0 aliphatic rings. The van der Waals surface area contributed by atoms with Crippen molar-refractivity contribution in [2.24, 2.45) is 10.7 Å². The molecule has 0 aliphatic heterocycles. The van der Waals surface area contributed by atoms with E-state index >= 15 is 0 Å². The molecule has 3 N–H and O–H groups in total. The summed E-state index contributed by atoms with van der Waals surface area (Å²) < 4.78 is 2.06. The number of nitrogens with zero attached hydrogens (tertiary/aromatic N) is 3. The van der Waals surface area contributed by atoms with Gasteiger partial charge in [0.25, 0.3) is 0 Å². The number of nitrogens with two attached hydrogens (primary N) is 1. The van der Waals surface area contributed by atoms with Crippen LogP contribution in [0.15, 0.2) is 103 Å². The summed E-state index contributed by atoms with van der Waals surface area (Å²) in [6.45, 7) is 1.33. The first-order valence-corrected chi connectivity index (χ1v) is 9.53. The molecule has 0 atom stereocenters. The second-order valence-corrected chi connectivity index (χ2v) is 6.78. The zero-order chi connectivity index (χ0) is 19.9. The average Bonchev–Trinajstić information content (AvgIpc) is 3.27. The summed E-state index contributed by atoms with van der Waals surface area (Å²) >= 11 is 0. The number of hydrogen-bond acceptors (Lipinski definition) is 2. The van der Waals surface area contributed by atoms with Crippen LogP contribution in [0.4, 0.5) is 5.69 Å². The van der Waals surface area contributed by atoms with Gasteiger partial charge in [-0.3, -0.25) is 0 Å². The van der Waals surface area contributed by atoms with Crippen LogP contribution < -0.4 is 11.1 Å². The first kappa shape index (κ1) is 21.6. The lowest BCUT2D eigenvalue weighted by Crippen LogP contribution is -2.22. The monoisotopic (exact) mass is 509 g/mol. The molecule has 0 unspecified atom stereocenters. The van der Waals surface area contributed by atoms with Crippen molar-refractivity contribution < 1.29 is 0 Å². The largest absolute Gasteiger partial charge is 0.370 e. The fourth-order valence-electron chi connectivity index (χ4n) is 3.20. The molecule has 0 aliphatic carbocycles. The molecule has 1 aromatic heterocycles. The Bertz CT molecular complexity index is 1070. The van der Waals surface area contributed by atoms with E-state index < -0.39 is 0 Å². The number of anilines is 1. The van der Waals surface area contributed by atoms with Crippen molar-refractivity contribution in [1.29, 1.82) is 0 Å². The van der Waals surface area contributed by atoms with Crippen LogP contribution in [0.1, 0.15) is 11.1 Å². The zero-order valence-corrected chi connectivity index (χ0v) is 18.8. The van der Waals surface area contributed by atoms with Crippen LogP contribution in [0.2, 0.25) is 0 Å². The van der Waals surface area contributed by atoms with Gasteiger partial charge in [0.2, 0.25) is 0 Å². The highest BCUT2D eigenvalue weighted by Crippen LogP contribution is 2.25. The van der Waals surface area contributed by atoms with Gasteiger partial charge >= 0.3 is 0 Å². The standard InChI is InChI=1S/C24H23N5.HI/c25-24(28-22-7-2-1-3-8-22)27-16-21-6-4-5-9-23(21)20-12-10-19(11-13-20)17-29-15-14-26-18-29;/h1-15,18H,16-17H2,(H3,25,27,28);1H. The molecular weight excluding hydrogens is 485 g/mol. The van der Waals surface area contributed by atoms with E-state index in [4.69, 9.17) is 5.73 Å². The third-order valence-electron chi connectivity index (χ3n) is 4.67. The van der Waals surface area contributed by atoms with Crippen molar-refractivity contribution in [2.45, 2.75) is 13.1 Å². The minimum atomic E-state index is 0. The fraction of sp³-hybridized carbons (Fsp3) is 0.0833. The van der Waals surface area contributed by atoms with Gasteiger partial charge in [0.15, 0.2) is 5.96 Å². The SMILES string of the molecule is I.NC(=NCc1ccccc1-c1ccc(Cn2ccnc2)cc1)Nc1ccccc1. The third kappa shape index (κ3) is 5.70. The van der Waals surface area contributed by atoms with Gasteiger partial charge in [-0.1, -0.05) is 66.7 Å². The number of imidazole rings is 1. The zero-order valence-electron chi connectivity index (χ0n) is 16.5. The van der Waals surface area contributed by atoms with Crippen LogP contribution >= 0.6 is 24.0 Å². The summed E-state index contributed by atoms with van der Waals surface area (Å²) in [7, 11) is 0. The lowest BCUT2D eigenvalue weighted by Gasteiger charge is -2.10. The Kier molecular flexibility index (Phi) is 7.62. The quantitative estimate of drug-likeness (QED) is 0.215. The van der Waals surface area contributed by atoms with Gasteiger partial charge in [-0.05, 0) is 34.4 Å². The topological polar surface area (TPSA) is 68.2 Å². The summed E-state index contributed by atoms with van der Waals surface area (Å²) in [5, 5.41) is 3.12. The van der Waals surface area contributed by atoms with E-state index in [1.807, 2.05) is 55.0 Å². The Balaban J connectivity index is 0.00000256. The number of aromatic nitrogens is 2. The van der Waals surface area contributed by atoms with Crippen molar-refractivity contribution in [3.63, 3.8) is 0 Å². The molecule has 4 aromatic rings. The summed E-state index contributed by atoms with van der Waals surface area (Å²) in [6.07, 6.45) is 5.59. The summed E-state index contributed by atoms with van der Waals surface area (Å²) in [5.41, 5.74) is 11.7. The highest BCUT2D eigenvalue weighted by atomic mass is 127. The molecule has 0 fully saturated rings. The number of hydrogen-bond donors (Lipinski definition) is 2. The van der Waals surface area contributed by atoms with Gasteiger partial charge in [0, 0.05) is 24.6 Å². The Morgan fingerprint density at radius 2 is 1.67 bits per heavy atom. The molecule has 0 saturated heterocycles. The van der Waals surface area contributed by atoms with Crippen molar-refractivity contribution in [2.75, 3.05) is 5.32 Å². The third-order valence-corrected chi connectivity index (χ3v) is 4.67. The molecule has 30 heavy (non-hydrogen) atoms. The molecule has 5 nitrogen and oxygen atoms in total. The minimum absolute atomic E-state index is 0. The van der Waals surface area contributed by atoms with E-state index in [-0.39, 0.29) is 24.0 Å². The van der Waals surface area contributed by atoms with Gasteiger partial charge in [0.1, 0.15) is 0 Å². The fourth-order valence-corrected chi connectivity index (χ4v) is 3.20. The molecule has 4 rings (SSSR count). The first-order valence-electron chi connectivity index (χ1n) is 9.53. The second-order valence-electron chi connectivity index (χ2n) is 6.78. The van der Waals surface area contributed by atoms with Gasteiger partial charge in [-0.15, -0.1) is 24.0 Å². The molecule has 0 amide bonds. The lowest BCUT2D eigenvalue weighted by atomic mass is 9.98. The van der Waals surface area contributed by atoms with Crippen LogP contribution in [-0.2, 0) is 13.1 Å². The maximum atomic E-state index is 6.06. The van der Waals surface area contributed by atoms with Gasteiger partial charge in [-0.2, -0.15) is 0 Å². The molecule has 0 saturated carbocycles. The van der Waals surface area contributed by atoms with E-state index in [9.17, 15) is 0 Å². The van der Waals surface area contributed by atoms with E-state index in [1.165, 1.54) is 11.1 Å². The second kappa shape index (κ2) is 10.6. The molecule has 0 bridgehead atoms. The lowest BCUT2D eigenvalue weighted by molar-refractivity contribution is 0.797. The smallest absolute Gasteiger partial charge is 0.193 e. The van der Waals surface area contributed by atoms with Crippen molar-refractivity contribution in [3.8, 4) is 11.1 Å². The van der Waals surface area contributed by atoms with Crippen LogP contribution in [0.3, 0.4) is 0 Å². The number of benzene rings is 3. The number of aliphatic imine (C=N–C) groups is 1. The molecular formula is C24H24IN5. The van der Waals surface area contributed by atoms with Crippen molar-refractivity contribution in [1.82, 2.24) is 9.55 Å². The Morgan fingerprint density at radius 3 is 2.40 bits per heavy atom. The Labute approximate surface area is 193 Å². The van der Waals surface area contributed by atoms with Crippen molar-refractivity contribution >= 4 is 35.6 Å². The van der Waals surface area contributed by atoms with Crippen LogP contribution in [-0.4, -0.2) is 15.5 Å². The molecule has 6 heteroatoms. The highest BCUT2D eigenvalue weighted by Gasteiger charge is 2.05. The number of para-hydroxylation sites is 1. The normalized spacial score (nSPS) is 11.0. The van der Waals surface area contributed by atoms with Gasteiger partial charge < -0.3 is 15.6 Å². The predicted octanol–water partition coefficient (Wildman–Crippen LogP) is 5.14. The highest BCUT2D eigenvalue weighted by molar-refractivity contribution is 14.0. The molecule has 3 aromatic carbocycles. The van der Waals surface area contributed by atoms with E-state index in [2.05, 4.69) is 56.3 Å². The number of guanidine groups is 1. The summed E-state index contributed by atoms with van der Waals surface area (Å²) in [6, 6.07) is 26.7. The predicted molar refractivity (Wildman–Crippen MR) is 134 cm³/mol. The van der Waals surface area contributed by atoms with E-state index in [0.29, 0.717) is 12.5 Å². The molecule has 1 heterocycles. The van der Waals surface area contributed by atoms with Crippen LogP contribution in [0, 0.1) is 0 Å². The molecule has 0 radical (unpaired) electrons. The Hall–Kier alpha value is -3.13. The van der Waals surface area contributed by atoms with Gasteiger partial charge in [-0.25, -0.2) is 9.98 Å². The van der Waals surface area contributed by atoms with Gasteiger partial charge in [0.05, 0.1) is 12.9 Å². The van der Waals surface area contributed by atoms with Crippen molar-refractivity contribution in [3.05, 3.63) is 109 Å². The average molecular weight is 509 g/mol. The van der Waals surface area contributed by atoms with Crippen LogP contribution in [0.25, 0.3) is 11.1 Å². The number of nitrogens with one attached hydrogen (secondary N) is 1. The molecule has 152 valence electrons. The molecule has 0 spiro atoms. The number of rotatable bonds is 6. The van der Waals surface area contributed by atoms with E-state index in [1.54, 1.807) is 6.20 Å². The maximum Gasteiger partial charge on any atom is 0.193 e.